The predicted octanol–water partition coefficient (Wildman–Crippen LogP) is 0.333. The standard InChI is InChI=1S/C11H24N2O2/c1-3-13-6-8-15-11(10-13)9-12-5-4-7-14-2/h11-12H,3-10H2,1-2H3. The smallest absolute Gasteiger partial charge is 0.0826 e. The van der Waals surface area contributed by atoms with Gasteiger partial charge in [-0.05, 0) is 19.5 Å². The number of nitrogens with zero attached hydrogens (tertiary/aromatic N) is 1. The Morgan fingerprint density at radius 3 is 3.13 bits per heavy atom. The quantitative estimate of drug-likeness (QED) is 0.622. The van der Waals surface area contributed by atoms with Crippen molar-refractivity contribution in [1.29, 1.82) is 0 Å². The molecule has 1 heterocycles. The second kappa shape index (κ2) is 8.05. The highest BCUT2D eigenvalue weighted by atomic mass is 16.5. The van der Waals surface area contributed by atoms with Crippen molar-refractivity contribution >= 4 is 0 Å². The molecule has 1 aliphatic heterocycles. The lowest BCUT2D eigenvalue weighted by atomic mass is 10.2. The highest BCUT2D eigenvalue weighted by Gasteiger charge is 2.18. The van der Waals surface area contributed by atoms with Crippen LogP contribution in [0.3, 0.4) is 0 Å². The van der Waals surface area contributed by atoms with E-state index in [2.05, 4.69) is 17.1 Å². The predicted molar refractivity (Wildman–Crippen MR) is 61.2 cm³/mol. The van der Waals surface area contributed by atoms with Crippen molar-refractivity contribution < 1.29 is 9.47 Å². The first-order valence-electron chi connectivity index (χ1n) is 5.90. The fourth-order valence-electron chi connectivity index (χ4n) is 1.80. The van der Waals surface area contributed by atoms with Gasteiger partial charge in [0, 0.05) is 33.4 Å². The molecule has 0 saturated carbocycles. The molecule has 1 saturated heterocycles. The topological polar surface area (TPSA) is 33.7 Å². The number of methoxy groups -OCH3 is 1. The third-order valence-corrected chi connectivity index (χ3v) is 2.74. The Hall–Kier alpha value is -0.160. The van der Waals surface area contributed by atoms with Crippen molar-refractivity contribution in [2.24, 2.45) is 0 Å². The Labute approximate surface area is 92.9 Å². The van der Waals surface area contributed by atoms with Crippen LogP contribution in [0, 0.1) is 0 Å². The number of ether oxygens (including phenoxy) is 2. The molecule has 15 heavy (non-hydrogen) atoms. The molecule has 1 N–H and O–H groups in total. The molecule has 0 spiro atoms. The van der Waals surface area contributed by atoms with Crippen LogP contribution in [0.15, 0.2) is 0 Å². The SMILES string of the molecule is CCN1CCOC(CNCCCOC)C1. The van der Waals surface area contributed by atoms with Gasteiger partial charge in [-0.2, -0.15) is 0 Å². The first kappa shape index (κ1) is 12.9. The third-order valence-electron chi connectivity index (χ3n) is 2.74. The first-order chi connectivity index (χ1) is 7.36. The maximum atomic E-state index is 5.68. The van der Waals surface area contributed by atoms with Crippen LogP contribution in [0.4, 0.5) is 0 Å². The van der Waals surface area contributed by atoms with Gasteiger partial charge < -0.3 is 14.8 Å². The van der Waals surface area contributed by atoms with Crippen molar-refractivity contribution in [3.05, 3.63) is 0 Å². The molecule has 0 aromatic rings. The lowest BCUT2D eigenvalue weighted by molar-refractivity contribution is -0.0252. The van der Waals surface area contributed by atoms with Gasteiger partial charge in [-0.15, -0.1) is 0 Å². The summed E-state index contributed by atoms with van der Waals surface area (Å²) in [4.78, 5) is 2.44. The molecule has 90 valence electrons. The summed E-state index contributed by atoms with van der Waals surface area (Å²) < 4.78 is 10.7. The molecule has 4 nitrogen and oxygen atoms in total. The maximum absolute atomic E-state index is 5.68. The van der Waals surface area contributed by atoms with Crippen LogP contribution >= 0.6 is 0 Å². The third kappa shape index (κ3) is 5.47. The highest BCUT2D eigenvalue weighted by molar-refractivity contribution is 4.72. The van der Waals surface area contributed by atoms with Gasteiger partial charge in [-0.1, -0.05) is 6.92 Å². The van der Waals surface area contributed by atoms with E-state index in [0.717, 1.165) is 52.4 Å². The molecule has 0 radical (unpaired) electrons. The van der Waals surface area contributed by atoms with Crippen LogP contribution in [0.25, 0.3) is 0 Å². The van der Waals surface area contributed by atoms with E-state index in [-0.39, 0.29) is 0 Å². The first-order valence-corrected chi connectivity index (χ1v) is 5.90. The average molecular weight is 216 g/mol. The molecule has 1 unspecified atom stereocenters. The largest absolute Gasteiger partial charge is 0.385 e. The van der Waals surface area contributed by atoms with Gasteiger partial charge in [-0.3, -0.25) is 4.90 Å². The van der Waals surface area contributed by atoms with Crippen LogP contribution in [-0.2, 0) is 9.47 Å². The second-order valence-electron chi connectivity index (χ2n) is 3.94. The fourth-order valence-corrected chi connectivity index (χ4v) is 1.80. The van der Waals surface area contributed by atoms with Gasteiger partial charge in [0.25, 0.3) is 0 Å². The molecular formula is C11H24N2O2. The lowest BCUT2D eigenvalue weighted by Gasteiger charge is -2.32. The Morgan fingerprint density at radius 1 is 1.53 bits per heavy atom. The Balaban J connectivity index is 2.00. The molecule has 0 bridgehead atoms. The van der Waals surface area contributed by atoms with Crippen LogP contribution < -0.4 is 5.32 Å². The van der Waals surface area contributed by atoms with E-state index in [1.165, 1.54) is 0 Å². The Bertz CT molecular complexity index is 156. The highest BCUT2D eigenvalue weighted by Crippen LogP contribution is 2.03. The summed E-state index contributed by atoms with van der Waals surface area (Å²) in [6, 6.07) is 0. The summed E-state index contributed by atoms with van der Waals surface area (Å²) in [5.41, 5.74) is 0. The molecule has 0 aromatic carbocycles. The minimum atomic E-state index is 0.362. The number of nitrogens with one attached hydrogen (secondary N) is 1. The molecule has 1 aliphatic rings. The van der Waals surface area contributed by atoms with E-state index in [4.69, 9.17) is 9.47 Å². The molecule has 0 amide bonds. The summed E-state index contributed by atoms with van der Waals surface area (Å²) >= 11 is 0. The number of likely N-dealkylation sites (N-methyl/N-ethyl adjacent to an activating group) is 1. The van der Waals surface area contributed by atoms with Gasteiger partial charge in [0.1, 0.15) is 0 Å². The zero-order chi connectivity index (χ0) is 10.9. The normalized spacial score (nSPS) is 23.2. The minimum Gasteiger partial charge on any atom is -0.385 e. The molecule has 1 atom stereocenters. The van der Waals surface area contributed by atoms with Gasteiger partial charge in [0.2, 0.25) is 0 Å². The second-order valence-corrected chi connectivity index (χ2v) is 3.94. The summed E-state index contributed by atoms with van der Waals surface area (Å²) in [5, 5.41) is 3.40. The van der Waals surface area contributed by atoms with Crippen LogP contribution in [-0.4, -0.2) is 64.1 Å². The van der Waals surface area contributed by atoms with E-state index in [1.807, 2.05) is 0 Å². The molecule has 1 rings (SSSR count). The molecule has 0 aliphatic carbocycles. The zero-order valence-electron chi connectivity index (χ0n) is 10.00. The summed E-state index contributed by atoms with van der Waals surface area (Å²) in [6.45, 7) is 9.15. The van der Waals surface area contributed by atoms with E-state index in [1.54, 1.807) is 7.11 Å². The van der Waals surface area contributed by atoms with Gasteiger partial charge in [-0.25, -0.2) is 0 Å². The molecule has 4 heteroatoms. The molecule has 0 aromatic heterocycles. The Kier molecular flexibility index (Phi) is 6.92. The monoisotopic (exact) mass is 216 g/mol. The fraction of sp³-hybridized carbons (Fsp3) is 1.00. The van der Waals surface area contributed by atoms with Gasteiger partial charge >= 0.3 is 0 Å². The van der Waals surface area contributed by atoms with Crippen LogP contribution in [0.1, 0.15) is 13.3 Å². The summed E-state index contributed by atoms with van der Waals surface area (Å²) in [6.07, 6.45) is 1.43. The van der Waals surface area contributed by atoms with Crippen molar-refractivity contribution in [1.82, 2.24) is 10.2 Å². The number of hydrogen-bond donors (Lipinski definition) is 1. The van der Waals surface area contributed by atoms with Crippen molar-refractivity contribution in [2.75, 3.05) is 53.0 Å². The van der Waals surface area contributed by atoms with E-state index in [9.17, 15) is 0 Å². The van der Waals surface area contributed by atoms with E-state index in [0.29, 0.717) is 6.10 Å². The van der Waals surface area contributed by atoms with Crippen LogP contribution in [0.5, 0.6) is 0 Å². The van der Waals surface area contributed by atoms with Crippen molar-refractivity contribution in [3.63, 3.8) is 0 Å². The molecule has 1 fully saturated rings. The minimum absolute atomic E-state index is 0.362. The lowest BCUT2D eigenvalue weighted by Crippen LogP contribution is -2.46. The van der Waals surface area contributed by atoms with Crippen molar-refractivity contribution in [3.8, 4) is 0 Å². The number of morpholine rings is 1. The van der Waals surface area contributed by atoms with Gasteiger partial charge in [0.05, 0.1) is 12.7 Å². The van der Waals surface area contributed by atoms with E-state index < -0.39 is 0 Å². The number of rotatable bonds is 7. The zero-order valence-corrected chi connectivity index (χ0v) is 10.00. The summed E-state index contributed by atoms with van der Waals surface area (Å²) in [5.74, 6) is 0. The number of hydrogen-bond acceptors (Lipinski definition) is 4. The van der Waals surface area contributed by atoms with Gasteiger partial charge in [0.15, 0.2) is 0 Å². The molecular weight excluding hydrogens is 192 g/mol. The van der Waals surface area contributed by atoms with Crippen molar-refractivity contribution in [2.45, 2.75) is 19.4 Å². The Morgan fingerprint density at radius 2 is 2.40 bits per heavy atom. The average Bonchev–Trinajstić information content (AvgIpc) is 2.29. The van der Waals surface area contributed by atoms with E-state index >= 15 is 0 Å². The maximum Gasteiger partial charge on any atom is 0.0826 e. The van der Waals surface area contributed by atoms with Crippen LogP contribution in [0.2, 0.25) is 0 Å². The summed E-state index contributed by atoms with van der Waals surface area (Å²) in [7, 11) is 1.74.